The molecule has 1 aromatic rings. The SMILES string of the molecule is C#CCn1c(CCC)nc(C(C)CC)c1N. The lowest BCUT2D eigenvalue weighted by Gasteiger charge is -2.07. The largest absolute Gasteiger partial charge is 0.384 e. The summed E-state index contributed by atoms with van der Waals surface area (Å²) < 4.78 is 1.96. The van der Waals surface area contributed by atoms with Crippen LogP contribution in [-0.4, -0.2) is 9.55 Å². The highest BCUT2D eigenvalue weighted by molar-refractivity contribution is 5.41. The van der Waals surface area contributed by atoms with Crippen LogP contribution in [0.2, 0.25) is 0 Å². The summed E-state index contributed by atoms with van der Waals surface area (Å²) in [5, 5.41) is 0. The highest BCUT2D eigenvalue weighted by atomic mass is 15.1. The van der Waals surface area contributed by atoms with Gasteiger partial charge in [-0.15, -0.1) is 6.42 Å². The molecule has 0 aromatic carbocycles. The van der Waals surface area contributed by atoms with Crippen molar-refractivity contribution in [3.05, 3.63) is 11.5 Å². The first-order valence-corrected chi connectivity index (χ1v) is 5.93. The van der Waals surface area contributed by atoms with Crippen molar-refractivity contribution < 1.29 is 0 Å². The van der Waals surface area contributed by atoms with Crippen LogP contribution in [0.4, 0.5) is 5.82 Å². The van der Waals surface area contributed by atoms with Crippen LogP contribution in [0.1, 0.15) is 51.0 Å². The molecule has 0 aliphatic heterocycles. The molecule has 1 atom stereocenters. The molecule has 2 N–H and O–H groups in total. The van der Waals surface area contributed by atoms with Gasteiger partial charge in [0.05, 0.1) is 12.2 Å². The monoisotopic (exact) mass is 219 g/mol. The molecule has 3 heteroatoms. The average Bonchev–Trinajstić information content (AvgIpc) is 2.58. The maximum Gasteiger partial charge on any atom is 0.127 e. The topological polar surface area (TPSA) is 43.8 Å². The van der Waals surface area contributed by atoms with Crippen molar-refractivity contribution in [2.45, 2.75) is 52.5 Å². The first kappa shape index (κ1) is 12.6. The van der Waals surface area contributed by atoms with Gasteiger partial charge in [0.15, 0.2) is 0 Å². The lowest BCUT2D eigenvalue weighted by atomic mass is 10.1. The Morgan fingerprint density at radius 2 is 2.19 bits per heavy atom. The smallest absolute Gasteiger partial charge is 0.127 e. The van der Waals surface area contributed by atoms with E-state index in [9.17, 15) is 0 Å². The number of nitrogen functional groups attached to an aromatic ring is 1. The second kappa shape index (κ2) is 5.60. The van der Waals surface area contributed by atoms with Crippen LogP contribution in [0.15, 0.2) is 0 Å². The van der Waals surface area contributed by atoms with Gasteiger partial charge >= 0.3 is 0 Å². The zero-order chi connectivity index (χ0) is 12.1. The lowest BCUT2D eigenvalue weighted by Crippen LogP contribution is -2.07. The summed E-state index contributed by atoms with van der Waals surface area (Å²) in [5.74, 6) is 4.80. The minimum Gasteiger partial charge on any atom is -0.384 e. The van der Waals surface area contributed by atoms with Crippen LogP contribution in [0, 0.1) is 12.3 Å². The van der Waals surface area contributed by atoms with Crippen molar-refractivity contribution >= 4 is 5.82 Å². The van der Waals surface area contributed by atoms with Crippen LogP contribution in [0.5, 0.6) is 0 Å². The second-order valence-corrected chi connectivity index (χ2v) is 4.15. The molecule has 0 spiro atoms. The minimum atomic E-state index is 0.398. The Kier molecular flexibility index (Phi) is 4.42. The van der Waals surface area contributed by atoms with E-state index >= 15 is 0 Å². The maximum atomic E-state index is 6.10. The molecule has 0 bridgehead atoms. The normalized spacial score (nSPS) is 12.4. The fraction of sp³-hybridized carbons (Fsp3) is 0.615. The molecule has 3 nitrogen and oxygen atoms in total. The molecule has 0 aliphatic carbocycles. The molecule has 0 radical (unpaired) electrons. The summed E-state index contributed by atoms with van der Waals surface area (Å²) in [6.45, 7) is 6.94. The molecule has 0 aliphatic rings. The lowest BCUT2D eigenvalue weighted by molar-refractivity contribution is 0.708. The Morgan fingerprint density at radius 3 is 2.69 bits per heavy atom. The zero-order valence-electron chi connectivity index (χ0n) is 10.5. The van der Waals surface area contributed by atoms with Crippen LogP contribution >= 0.6 is 0 Å². The van der Waals surface area contributed by atoms with Crippen molar-refractivity contribution in [1.82, 2.24) is 9.55 Å². The summed E-state index contributed by atoms with van der Waals surface area (Å²) in [6, 6.07) is 0. The van der Waals surface area contributed by atoms with Crippen molar-refractivity contribution in [2.75, 3.05) is 5.73 Å². The number of imidazole rings is 1. The molecule has 0 fully saturated rings. The van der Waals surface area contributed by atoms with E-state index < -0.39 is 0 Å². The first-order chi connectivity index (χ1) is 7.65. The molecule has 0 amide bonds. The zero-order valence-corrected chi connectivity index (χ0v) is 10.5. The fourth-order valence-electron chi connectivity index (χ4n) is 1.77. The van der Waals surface area contributed by atoms with Crippen LogP contribution < -0.4 is 5.73 Å². The fourth-order valence-corrected chi connectivity index (χ4v) is 1.77. The van der Waals surface area contributed by atoms with E-state index in [-0.39, 0.29) is 0 Å². The van der Waals surface area contributed by atoms with Gasteiger partial charge in [-0.2, -0.15) is 0 Å². The Hall–Kier alpha value is -1.43. The summed E-state index contributed by atoms with van der Waals surface area (Å²) in [6.07, 6.45) is 8.39. The van der Waals surface area contributed by atoms with E-state index in [1.165, 1.54) is 0 Å². The summed E-state index contributed by atoms with van der Waals surface area (Å²) in [7, 11) is 0. The van der Waals surface area contributed by atoms with E-state index in [0.29, 0.717) is 12.5 Å². The molecular weight excluding hydrogens is 198 g/mol. The predicted molar refractivity (Wildman–Crippen MR) is 68.2 cm³/mol. The Labute approximate surface area is 98.1 Å². The Morgan fingerprint density at radius 1 is 1.50 bits per heavy atom. The van der Waals surface area contributed by atoms with Gasteiger partial charge in [-0.1, -0.05) is 26.7 Å². The highest BCUT2D eigenvalue weighted by Crippen LogP contribution is 2.25. The maximum absolute atomic E-state index is 6.10. The van der Waals surface area contributed by atoms with Gasteiger partial charge in [0.1, 0.15) is 11.6 Å². The van der Waals surface area contributed by atoms with Crippen molar-refractivity contribution in [1.29, 1.82) is 0 Å². The summed E-state index contributed by atoms with van der Waals surface area (Å²) in [5.41, 5.74) is 7.10. The van der Waals surface area contributed by atoms with E-state index in [1.54, 1.807) is 0 Å². The summed E-state index contributed by atoms with van der Waals surface area (Å²) in [4.78, 5) is 4.63. The van der Waals surface area contributed by atoms with Gasteiger partial charge in [-0.25, -0.2) is 4.98 Å². The van der Waals surface area contributed by atoms with E-state index in [1.807, 2.05) is 4.57 Å². The number of nitrogens with two attached hydrogens (primary N) is 1. The van der Waals surface area contributed by atoms with Gasteiger partial charge in [0.25, 0.3) is 0 Å². The number of terminal acetylenes is 1. The van der Waals surface area contributed by atoms with Gasteiger partial charge < -0.3 is 10.3 Å². The van der Waals surface area contributed by atoms with Crippen LogP contribution in [-0.2, 0) is 13.0 Å². The molecule has 1 unspecified atom stereocenters. The van der Waals surface area contributed by atoms with Gasteiger partial charge in [-0.05, 0) is 12.8 Å². The number of rotatable bonds is 5. The van der Waals surface area contributed by atoms with Crippen molar-refractivity contribution in [3.63, 3.8) is 0 Å². The van der Waals surface area contributed by atoms with Crippen molar-refractivity contribution in [2.24, 2.45) is 0 Å². The molecule has 0 saturated heterocycles. The predicted octanol–water partition coefficient (Wildman–Crippen LogP) is 2.56. The minimum absolute atomic E-state index is 0.398. The molecule has 1 rings (SSSR count). The van der Waals surface area contributed by atoms with Gasteiger partial charge in [0.2, 0.25) is 0 Å². The van der Waals surface area contributed by atoms with Crippen LogP contribution in [0.25, 0.3) is 0 Å². The van der Waals surface area contributed by atoms with E-state index in [2.05, 4.69) is 31.7 Å². The molecule has 1 aromatic heterocycles. The Bertz CT molecular complexity index is 385. The molecule has 88 valence electrons. The van der Waals surface area contributed by atoms with Crippen molar-refractivity contribution in [3.8, 4) is 12.3 Å². The summed E-state index contributed by atoms with van der Waals surface area (Å²) >= 11 is 0. The number of hydrogen-bond acceptors (Lipinski definition) is 2. The molecule has 16 heavy (non-hydrogen) atoms. The highest BCUT2D eigenvalue weighted by Gasteiger charge is 2.17. The molecular formula is C13H21N3. The third kappa shape index (κ3) is 2.38. The number of hydrogen-bond donors (Lipinski definition) is 1. The number of nitrogens with zero attached hydrogens (tertiary/aromatic N) is 2. The third-order valence-electron chi connectivity index (χ3n) is 2.92. The number of aromatic nitrogens is 2. The van der Waals surface area contributed by atoms with Gasteiger partial charge in [-0.3, -0.25) is 0 Å². The average molecular weight is 219 g/mol. The number of anilines is 1. The standard InChI is InChI=1S/C13H21N3/c1-5-8-11-15-12(10(4)7-3)13(14)16(11)9-6-2/h2,10H,5,7-9,14H2,1,3-4H3. The third-order valence-corrected chi connectivity index (χ3v) is 2.92. The number of aryl methyl sites for hydroxylation is 1. The second-order valence-electron chi connectivity index (χ2n) is 4.15. The van der Waals surface area contributed by atoms with Crippen LogP contribution in [0.3, 0.4) is 0 Å². The van der Waals surface area contributed by atoms with Gasteiger partial charge in [0, 0.05) is 12.3 Å². The quantitative estimate of drug-likeness (QED) is 0.773. The first-order valence-electron chi connectivity index (χ1n) is 5.93. The Balaban J connectivity index is 3.13. The molecule has 0 saturated carbocycles. The molecule has 1 heterocycles. The van der Waals surface area contributed by atoms with E-state index in [4.69, 9.17) is 12.2 Å². The van der Waals surface area contributed by atoms with E-state index in [0.717, 1.165) is 36.6 Å².